The number of alkyl halides is 1. The minimum absolute atomic E-state index is 0.201. The van der Waals surface area contributed by atoms with Gasteiger partial charge in [0.25, 0.3) is 0 Å². The molecule has 1 rings (SSSR count). The van der Waals surface area contributed by atoms with Crippen LogP contribution >= 0.6 is 11.6 Å². The molecule has 0 aliphatic rings. The van der Waals surface area contributed by atoms with Crippen LogP contribution in [0.1, 0.15) is 26.7 Å². The molecule has 0 spiro atoms. The van der Waals surface area contributed by atoms with Gasteiger partial charge in [0.1, 0.15) is 10.7 Å². The Kier molecular flexibility index (Phi) is 6.90. The van der Waals surface area contributed by atoms with Gasteiger partial charge in [0, 0.05) is 38.8 Å². The lowest BCUT2D eigenvalue weighted by atomic mass is 10.1. The van der Waals surface area contributed by atoms with Crippen molar-refractivity contribution in [3.05, 3.63) is 18.3 Å². The third-order valence-electron chi connectivity index (χ3n) is 3.50. The van der Waals surface area contributed by atoms with E-state index in [0.29, 0.717) is 18.5 Å². The van der Waals surface area contributed by atoms with Gasteiger partial charge in [0.2, 0.25) is 10.0 Å². The van der Waals surface area contributed by atoms with Gasteiger partial charge in [0.15, 0.2) is 0 Å². The maximum absolute atomic E-state index is 12.0. The molecule has 1 aromatic heterocycles. The summed E-state index contributed by atoms with van der Waals surface area (Å²) in [6, 6.07) is 3.70. The molecule has 0 unspecified atom stereocenters. The number of aromatic nitrogens is 1. The summed E-state index contributed by atoms with van der Waals surface area (Å²) in [5.74, 6) is 1.28. The van der Waals surface area contributed by atoms with Gasteiger partial charge >= 0.3 is 0 Å². The molecule has 0 aliphatic carbocycles. The van der Waals surface area contributed by atoms with Gasteiger partial charge in [0.05, 0.1) is 0 Å². The summed E-state index contributed by atoms with van der Waals surface area (Å²) < 4.78 is 25.3. The quantitative estimate of drug-likeness (QED) is 0.686. The van der Waals surface area contributed by atoms with Crippen LogP contribution in [0.5, 0.6) is 0 Å². The van der Waals surface area contributed by atoms with Crippen molar-refractivity contribution < 1.29 is 8.42 Å². The molecule has 0 N–H and O–H groups in total. The van der Waals surface area contributed by atoms with Crippen LogP contribution in [0.3, 0.4) is 0 Å². The summed E-state index contributed by atoms with van der Waals surface area (Å²) >= 11 is 5.88. The molecule has 7 heteroatoms. The van der Waals surface area contributed by atoms with E-state index in [9.17, 15) is 8.42 Å². The molecule has 0 saturated heterocycles. The normalized spacial score (nSPS) is 12.1. The van der Waals surface area contributed by atoms with E-state index in [-0.39, 0.29) is 4.90 Å². The minimum atomic E-state index is -3.44. The highest BCUT2D eigenvalue weighted by molar-refractivity contribution is 7.89. The third kappa shape index (κ3) is 4.31. The van der Waals surface area contributed by atoms with Crippen molar-refractivity contribution in [3.63, 3.8) is 0 Å². The van der Waals surface area contributed by atoms with E-state index in [1.165, 1.54) is 24.6 Å². The summed E-state index contributed by atoms with van der Waals surface area (Å²) in [5, 5.41) is 0. The van der Waals surface area contributed by atoms with Gasteiger partial charge in [-0.2, -0.15) is 0 Å². The van der Waals surface area contributed by atoms with Crippen LogP contribution in [-0.2, 0) is 10.0 Å². The van der Waals surface area contributed by atoms with Crippen LogP contribution in [-0.4, -0.2) is 50.3 Å². The van der Waals surface area contributed by atoms with Crippen molar-refractivity contribution in [1.82, 2.24) is 9.29 Å². The molecule has 0 aliphatic heterocycles. The van der Waals surface area contributed by atoms with Crippen LogP contribution in [0.15, 0.2) is 23.2 Å². The number of pyridine rings is 1. The predicted molar refractivity (Wildman–Crippen MR) is 87.5 cm³/mol. The number of nitrogens with zero attached hydrogens (tertiary/aromatic N) is 3. The fourth-order valence-electron chi connectivity index (χ4n) is 2.21. The molecule has 120 valence electrons. The molecule has 5 nitrogen and oxygen atoms in total. The molecule has 0 fully saturated rings. The maximum atomic E-state index is 12.0. The fraction of sp³-hybridized carbons (Fsp3) is 0.643. The summed E-state index contributed by atoms with van der Waals surface area (Å²) in [5.41, 5.74) is 0. The van der Waals surface area contributed by atoms with Crippen molar-refractivity contribution in [2.24, 2.45) is 0 Å². The zero-order valence-electron chi connectivity index (χ0n) is 13.1. The van der Waals surface area contributed by atoms with Crippen LogP contribution in [0.25, 0.3) is 0 Å². The second kappa shape index (κ2) is 7.96. The number of hydrogen-bond acceptors (Lipinski definition) is 4. The SMILES string of the molecule is CCC(CC)N(CCCl)c1ccc(S(=O)(=O)N(C)C)cn1. The first-order valence-electron chi connectivity index (χ1n) is 7.09. The Labute approximate surface area is 133 Å². The predicted octanol–water partition coefficient (Wildman–Crippen LogP) is 2.57. The fourth-order valence-corrected chi connectivity index (χ4v) is 3.24. The van der Waals surface area contributed by atoms with E-state index < -0.39 is 10.0 Å². The third-order valence-corrected chi connectivity index (χ3v) is 5.47. The molecule has 21 heavy (non-hydrogen) atoms. The Balaban J connectivity index is 3.09. The van der Waals surface area contributed by atoms with Gasteiger partial charge in [-0.25, -0.2) is 17.7 Å². The number of anilines is 1. The van der Waals surface area contributed by atoms with Crippen LogP contribution in [0.2, 0.25) is 0 Å². The van der Waals surface area contributed by atoms with Crippen LogP contribution in [0.4, 0.5) is 5.82 Å². The molecule has 0 radical (unpaired) electrons. The molecule has 1 aromatic rings. The second-order valence-corrected chi connectivity index (χ2v) is 7.52. The first-order valence-corrected chi connectivity index (χ1v) is 9.07. The topological polar surface area (TPSA) is 53.5 Å². The molecule has 0 bridgehead atoms. The molecule has 1 heterocycles. The zero-order valence-corrected chi connectivity index (χ0v) is 14.7. The molecular weight excluding hydrogens is 310 g/mol. The van der Waals surface area contributed by atoms with Crippen molar-refractivity contribution in [2.45, 2.75) is 37.6 Å². The van der Waals surface area contributed by atoms with E-state index in [0.717, 1.165) is 18.7 Å². The first-order chi connectivity index (χ1) is 9.88. The molecule has 0 aromatic carbocycles. The Hall–Kier alpha value is -0.850. The van der Waals surface area contributed by atoms with E-state index >= 15 is 0 Å². The number of sulfonamides is 1. The molecule has 0 amide bonds. The summed E-state index contributed by atoms with van der Waals surface area (Å²) in [6.45, 7) is 4.95. The van der Waals surface area contributed by atoms with Crippen molar-refractivity contribution >= 4 is 27.4 Å². The lowest BCUT2D eigenvalue weighted by molar-refractivity contribution is 0.520. The van der Waals surface area contributed by atoms with Gasteiger partial charge in [-0.3, -0.25) is 0 Å². The van der Waals surface area contributed by atoms with Crippen LogP contribution in [0, 0.1) is 0 Å². The average Bonchev–Trinajstić information content (AvgIpc) is 2.47. The Morgan fingerprint density at radius 3 is 2.24 bits per heavy atom. The van der Waals surface area contributed by atoms with Gasteiger partial charge in [-0.1, -0.05) is 13.8 Å². The highest BCUT2D eigenvalue weighted by Gasteiger charge is 2.20. The van der Waals surface area contributed by atoms with Gasteiger partial charge in [-0.05, 0) is 25.0 Å². The Bertz CT molecular complexity index is 528. The summed E-state index contributed by atoms with van der Waals surface area (Å²) in [4.78, 5) is 6.66. The highest BCUT2D eigenvalue weighted by atomic mass is 35.5. The van der Waals surface area contributed by atoms with Gasteiger partial charge in [-0.15, -0.1) is 11.6 Å². The van der Waals surface area contributed by atoms with Crippen molar-refractivity contribution in [3.8, 4) is 0 Å². The minimum Gasteiger partial charge on any atom is -0.352 e. The number of hydrogen-bond donors (Lipinski definition) is 0. The number of rotatable bonds is 8. The highest BCUT2D eigenvalue weighted by Crippen LogP contribution is 2.20. The molecular formula is C14H24ClN3O2S. The molecule has 0 atom stereocenters. The standard InChI is InChI=1S/C14H24ClN3O2S/c1-5-12(6-2)18(10-9-15)14-8-7-13(11-16-14)21(19,20)17(3)4/h7-8,11-12H,5-6,9-10H2,1-4H3. The molecule has 0 saturated carbocycles. The van der Waals surface area contributed by atoms with Crippen molar-refractivity contribution in [2.75, 3.05) is 31.4 Å². The van der Waals surface area contributed by atoms with E-state index in [1.54, 1.807) is 12.1 Å². The van der Waals surface area contributed by atoms with E-state index in [1.807, 2.05) is 0 Å². The van der Waals surface area contributed by atoms with Gasteiger partial charge < -0.3 is 4.90 Å². The van der Waals surface area contributed by atoms with Crippen LogP contribution < -0.4 is 4.90 Å². The monoisotopic (exact) mass is 333 g/mol. The zero-order chi connectivity index (χ0) is 16.0. The maximum Gasteiger partial charge on any atom is 0.244 e. The lowest BCUT2D eigenvalue weighted by Gasteiger charge is -2.31. The first kappa shape index (κ1) is 18.2. The van der Waals surface area contributed by atoms with E-state index in [2.05, 4.69) is 23.7 Å². The smallest absolute Gasteiger partial charge is 0.244 e. The lowest BCUT2D eigenvalue weighted by Crippen LogP contribution is -2.36. The second-order valence-electron chi connectivity index (χ2n) is 4.99. The largest absolute Gasteiger partial charge is 0.352 e. The Morgan fingerprint density at radius 1 is 1.24 bits per heavy atom. The summed E-state index contributed by atoms with van der Waals surface area (Å²) in [6.07, 6.45) is 3.40. The van der Waals surface area contributed by atoms with Crippen molar-refractivity contribution in [1.29, 1.82) is 0 Å². The summed E-state index contributed by atoms with van der Waals surface area (Å²) in [7, 11) is -0.422. The van der Waals surface area contributed by atoms with E-state index in [4.69, 9.17) is 11.6 Å². The number of halogens is 1. The average molecular weight is 334 g/mol. The Morgan fingerprint density at radius 2 is 1.86 bits per heavy atom.